The molecule has 2 aliphatic rings. The van der Waals surface area contributed by atoms with Crippen LogP contribution in [0.15, 0.2) is 72.8 Å². The van der Waals surface area contributed by atoms with Crippen LogP contribution in [-0.4, -0.2) is 43.0 Å². The third kappa shape index (κ3) is 5.00. The minimum Gasteiger partial charge on any atom is -0.478 e. The van der Waals surface area contributed by atoms with Gasteiger partial charge in [-0.1, -0.05) is 54.6 Å². The van der Waals surface area contributed by atoms with Gasteiger partial charge >= 0.3 is 12.1 Å². The average molecular weight is 568 g/mol. The number of aliphatic hydroxyl groups is 1. The molecular weight excluding hydrogens is 534 g/mol. The number of rotatable bonds is 5. The molecule has 6 rings (SSSR count). The van der Waals surface area contributed by atoms with Gasteiger partial charge in [0.25, 0.3) is 0 Å². The maximum Gasteiger partial charge on any atom is 0.408 e. The van der Waals surface area contributed by atoms with E-state index in [4.69, 9.17) is 14.5 Å². The van der Waals surface area contributed by atoms with E-state index in [0.717, 1.165) is 28.1 Å². The zero-order valence-corrected chi connectivity index (χ0v) is 24.0. The number of carboxylic acid groups (broad SMARTS) is 1. The van der Waals surface area contributed by atoms with Crippen molar-refractivity contribution in [2.75, 3.05) is 0 Å². The van der Waals surface area contributed by atoms with Crippen molar-refractivity contribution < 1.29 is 29.3 Å². The van der Waals surface area contributed by atoms with Crippen LogP contribution in [0.4, 0.5) is 4.79 Å². The predicted molar refractivity (Wildman–Crippen MR) is 157 cm³/mol. The van der Waals surface area contributed by atoms with Crippen LogP contribution in [0.3, 0.4) is 0 Å². The van der Waals surface area contributed by atoms with E-state index in [9.17, 15) is 19.8 Å². The van der Waals surface area contributed by atoms with E-state index in [1.54, 1.807) is 19.1 Å². The zero-order chi connectivity index (χ0) is 29.9. The first kappa shape index (κ1) is 27.5. The summed E-state index contributed by atoms with van der Waals surface area (Å²) < 4.78 is 13.5. The maximum atomic E-state index is 12.7. The number of hydrogen-bond donors (Lipinski definition) is 3. The van der Waals surface area contributed by atoms with Crippen molar-refractivity contribution in [1.29, 1.82) is 0 Å². The molecule has 0 radical (unpaired) electrons. The number of carboxylic acids is 1. The lowest BCUT2D eigenvalue weighted by molar-refractivity contribution is -0.0892. The standard InChI is InChI=1S/C33H33N3O6/c1-31(2,3)42-30(39)35-33(17-32(4,40)18-33)23-13-10-20(11-14-23)26-27(21-8-6-5-7-9-21)36-19-41-25-15-12-22(29(37)38)16-24(25)28(36)34-26/h5-16,40H,17-19H2,1-4H3,(H,35,39)(H,37,38)/t32-,33-. The van der Waals surface area contributed by atoms with Crippen LogP contribution >= 0.6 is 0 Å². The first-order valence-electron chi connectivity index (χ1n) is 13.9. The summed E-state index contributed by atoms with van der Waals surface area (Å²) in [6.45, 7) is 7.42. The smallest absolute Gasteiger partial charge is 0.408 e. The third-order valence-electron chi connectivity index (χ3n) is 7.65. The molecule has 1 aromatic heterocycles. The number of carbonyl (C=O) groups excluding carboxylic acids is 1. The van der Waals surface area contributed by atoms with Gasteiger partial charge in [0, 0.05) is 24.0 Å². The van der Waals surface area contributed by atoms with Crippen molar-refractivity contribution in [1.82, 2.24) is 14.9 Å². The molecule has 0 bridgehead atoms. The van der Waals surface area contributed by atoms with Gasteiger partial charge in [-0.3, -0.25) is 4.57 Å². The number of amides is 1. The summed E-state index contributed by atoms with van der Waals surface area (Å²) in [4.78, 5) is 29.5. The van der Waals surface area contributed by atoms with Crippen LogP contribution in [0.5, 0.6) is 5.75 Å². The molecular formula is C33H33N3O6. The fraction of sp³-hybridized carbons (Fsp3) is 0.303. The largest absolute Gasteiger partial charge is 0.478 e. The summed E-state index contributed by atoms with van der Waals surface area (Å²) >= 11 is 0. The Bertz CT molecular complexity index is 1680. The number of imidazole rings is 1. The van der Waals surface area contributed by atoms with Gasteiger partial charge in [-0.25, -0.2) is 14.6 Å². The van der Waals surface area contributed by atoms with Crippen molar-refractivity contribution >= 4 is 12.1 Å². The lowest BCUT2D eigenvalue weighted by Gasteiger charge is -2.52. The predicted octanol–water partition coefficient (Wildman–Crippen LogP) is 6.20. The zero-order valence-electron chi connectivity index (χ0n) is 24.0. The van der Waals surface area contributed by atoms with Crippen molar-refractivity contribution in [2.45, 2.75) is 64.0 Å². The van der Waals surface area contributed by atoms with E-state index >= 15 is 0 Å². The van der Waals surface area contributed by atoms with Gasteiger partial charge in [-0.05, 0) is 51.5 Å². The Morgan fingerprint density at radius 2 is 1.69 bits per heavy atom. The molecule has 1 aliphatic heterocycles. The van der Waals surface area contributed by atoms with Crippen molar-refractivity contribution in [3.8, 4) is 39.7 Å². The number of fused-ring (bicyclic) bond motifs is 3. The number of nitrogens with zero attached hydrogens (tertiary/aromatic N) is 2. The number of hydrogen-bond acceptors (Lipinski definition) is 6. The SMILES string of the molecule is CC(C)(C)OC(=O)N[C@]1(c2ccc(-c3nc4n(c3-c3ccccc3)COc3ccc(C(=O)O)cc3-4)cc2)C[C@@](C)(O)C1. The summed E-state index contributed by atoms with van der Waals surface area (Å²) in [5, 5.41) is 23.2. The van der Waals surface area contributed by atoms with Crippen LogP contribution in [-0.2, 0) is 17.0 Å². The van der Waals surface area contributed by atoms with Gasteiger partial charge in [0.2, 0.25) is 0 Å². The normalized spacial score (nSPS) is 20.9. The number of aromatic nitrogens is 2. The fourth-order valence-corrected chi connectivity index (χ4v) is 6.03. The molecule has 1 aliphatic carbocycles. The number of benzene rings is 3. The highest BCUT2D eigenvalue weighted by molar-refractivity contribution is 5.91. The van der Waals surface area contributed by atoms with Crippen LogP contribution in [0.2, 0.25) is 0 Å². The quantitative estimate of drug-likeness (QED) is 0.263. The molecule has 3 N–H and O–H groups in total. The summed E-state index contributed by atoms with van der Waals surface area (Å²) in [5.41, 5.74) is 2.64. The Morgan fingerprint density at radius 3 is 2.31 bits per heavy atom. The topological polar surface area (TPSA) is 123 Å². The first-order valence-corrected chi connectivity index (χ1v) is 13.9. The molecule has 2 heterocycles. The molecule has 0 saturated heterocycles. The molecule has 1 fully saturated rings. The molecule has 42 heavy (non-hydrogen) atoms. The number of ether oxygens (including phenoxy) is 2. The lowest BCUT2D eigenvalue weighted by atomic mass is 9.62. The minimum absolute atomic E-state index is 0.153. The molecule has 1 saturated carbocycles. The molecule has 9 heteroatoms. The monoisotopic (exact) mass is 567 g/mol. The molecule has 0 unspecified atom stereocenters. The van der Waals surface area contributed by atoms with E-state index in [1.165, 1.54) is 6.07 Å². The highest BCUT2D eigenvalue weighted by atomic mass is 16.6. The Balaban J connectivity index is 1.42. The summed E-state index contributed by atoms with van der Waals surface area (Å²) in [7, 11) is 0. The van der Waals surface area contributed by atoms with E-state index < -0.39 is 28.8 Å². The molecule has 216 valence electrons. The molecule has 3 aromatic carbocycles. The summed E-state index contributed by atoms with van der Waals surface area (Å²) in [5.74, 6) is 0.172. The van der Waals surface area contributed by atoms with Gasteiger partial charge in [0.1, 0.15) is 17.2 Å². The number of alkyl carbamates (subject to hydrolysis) is 1. The van der Waals surface area contributed by atoms with E-state index in [0.29, 0.717) is 30.0 Å². The van der Waals surface area contributed by atoms with Crippen LogP contribution in [0.1, 0.15) is 56.5 Å². The number of carbonyl (C=O) groups is 2. The summed E-state index contributed by atoms with van der Waals surface area (Å²) in [6, 6.07) is 22.4. The number of aromatic carboxylic acids is 1. The highest BCUT2D eigenvalue weighted by Crippen LogP contribution is 2.49. The van der Waals surface area contributed by atoms with Crippen LogP contribution in [0.25, 0.3) is 33.9 Å². The Morgan fingerprint density at radius 1 is 1.00 bits per heavy atom. The first-order chi connectivity index (χ1) is 19.8. The van der Waals surface area contributed by atoms with Crippen molar-refractivity contribution in [3.05, 3.63) is 83.9 Å². The van der Waals surface area contributed by atoms with Gasteiger partial charge in [0.15, 0.2) is 6.73 Å². The Labute approximate surface area is 243 Å². The summed E-state index contributed by atoms with van der Waals surface area (Å²) in [6.07, 6.45) is 0.175. The van der Waals surface area contributed by atoms with Gasteiger partial charge < -0.3 is 25.0 Å². The number of nitrogens with one attached hydrogen (secondary N) is 1. The minimum atomic E-state index is -1.02. The van der Waals surface area contributed by atoms with Crippen molar-refractivity contribution in [2.24, 2.45) is 0 Å². The van der Waals surface area contributed by atoms with E-state index in [1.807, 2.05) is 79.9 Å². The van der Waals surface area contributed by atoms with E-state index in [-0.39, 0.29) is 12.3 Å². The Kier molecular flexibility index (Phi) is 6.38. The fourth-order valence-electron chi connectivity index (χ4n) is 6.03. The second kappa shape index (κ2) is 9.73. The van der Waals surface area contributed by atoms with Crippen LogP contribution in [0, 0.1) is 0 Å². The molecule has 9 nitrogen and oxygen atoms in total. The van der Waals surface area contributed by atoms with Gasteiger partial charge in [0.05, 0.1) is 33.7 Å². The average Bonchev–Trinajstić information content (AvgIpc) is 3.31. The Hall–Kier alpha value is -4.63. The molecule has 0 spiro atoms. The second-order valence-electron chi connectivity index (χ2n) is 12.4. The van der Waals surface area contributed by atoms with Gasteiger partial charge in [-0.15, -0.1) is 0 Å². The lowest BCUT2D eigenvalue weighted by Crippen LogP contribution is -2.62. The molecule has 0 atom stereocenters. The second-order valence-corrected chi connectivity index (χ2v) is 12.4. The van der Waals surface area contributed by atoms with Gasteiger partial charge in [-0.2, -0.15) is 0 Å². The van der Waals surface area contributed by atoms with E-state index in [2.05, 4.69) is 5.32 Å². The highest BCUT2D eigenvalue weighted by Gasteiger charge is 2.53. The molecule has 4 aromatic rings. The maximum absolute atomic E-state index is 12.7. The van der Waals surface area contributed by atoms with Crippen molar-refractivity contribution in [3.63, 3.8) is 0 Å². The molecule has 1 amide bonds. The third-order valence-corrected chi connectivity index (χ3v) is 7.65. The van der Waals surface area contributed by atoms with Crippen LogP contribution < -0.4 is 10.1 Å².